The molecule has 1 aromatic rings. The van der Waals surface area contributed by atoms with Crippen LogP contribution in [0, 0.1) is 0 Å². The van der Waals surface area contributed by atoms with Crippen LogP contribution in [0.3, 0.4) is 0 Å². The van der Waals surface area contributed by atoms with Crippen molar-refractivity contribution in [2.45, 2.75) is 25.8 Å². The van der Waals surface area contributed by atoms with Crippen molar-refractivity contribution in [2.24, 2.45) is 0 Å². The van der Waals surface area contributed by atoms with E-state index in [1.165, 1.54) is 12.0 Å². The summed E-state index contributed by atoms with van der Waals surface area (Å²) in [7, 11) is 1.54. The van der Waals surface area contributed by atoms with E-state index < -0.39 is 6.09 Å². The van der Waals surface area contributed by atoms with E-state index in [9.17, 15) is 9.90 Å². The Morgan fingerprint density at radius 2 is 2.41 bits per heavy atom. The molecule has 2 rings (SSSR count). The van der Waals surface area contributed by atoms with Gasteiger partial charge in [-0.25, -0.2) is 9.78 Å². The van der Waals surface area contributed by atoms with E-state index in [1.807, 2.05) is 6.92 Å². The van der Waals surface area contributed by atoms with Crippen molar-refractivity contribution in [3.8, 4) is 5.75 Å². The van der Waals surface area contributed by atoms with Gasteiger partial charge in [-0.15, -0.1) is 0 Å². The average Bonchev–Trinajstić information content (AvgIpc) is 2.26. The molecule has 17 heavy (non-hydrogen) atoms. The zero-order valence-electron chi connectivity index (χ0n) is 9.61. The minimum Gasteiger partial charge on any atom is -0.496 e. The number of aromatic nitrogens is 1. The van der Waals surface area contributed by atoms with Crippen LogP contribution in [0.2, 0.25) is 5.15 Å². The average molecular weight is 257 g/mol. The smallest absolute Gasteiger partial charge is 0.413 e. The Hall–Kier alpha value is -1.49. The first-order valence-corrected chi connectivity index (χ1v) is 5.68. The van der Waals surface area contributed by atoms with Gasteiger partial charge in [0.2, 0.25) is 0 Å². The molecule has 1 N–H and O–H groups in total. The fourth-order valence-corrected chi connectivity index (χ4v) is 2.27. The molecule has 1 aromatic heterocycles. The van der Waals surface area contributed by atoms with E-state index in [0.29, 0.717) is 11.6 Å². The maximum absolute atomic E-state index is 11.2. The second-order valence-corrected chi connectivity index (χ2v) is 4.38. The van der Waals surface area contributed by atoms with Crippen molar-refractivity contribution >= 4 is 23.5 Å². The second-order valence-electron chi connectivity index (χ2n) is 3.99. The van der Waals surface area contributed by atoms with Gasteiger partial charge < -0.3 is 9.84 Å². The number of ether oxygens (including phenoxy) is 1. The number of carboxylic acid groups (broad SMARTS) is 1. The summed E-state index contributed by atoms with van der Waals surface area (Å²) in [6.45, 7) is 1.85. The van der Waals surface area contributed by atoms with Gasteiger partial charge in [0.25, 0.3) is 0 Å². The lowest BCUT2D eigenvalue weighted by atomic mass is 9.99. The molecule has 1 aliphatic rings. The predicted molar refractivity (Wildman–Crippen MR) is 64.1 cm³/mol. The molecule has 2 heterocycles. The molecule has 6 heteroatoms. The molecule has 0 aromatic carbocycles. The van der Waals surface area contributed by atoms with E-state index >= 15 is 0 Å². The molecular formula is C11H13ClN2O3. The molecule has 0 fully saturated rings. The number of methoxy groups -OCH3 is 1. The number of amides is 1. The molecule has 0 aliphatic carbocycles. The largest absolute Gasteiger partial charge is 0.496 e. The Morgan fingerprint density at radius 3 is 3.00 bits per heavy atom. The number of carbonyl (C=O) groups is 1. The number of halogens is 1. The summed E-state index contributed by atoms with van der Waals surface area (Å²) in [5.41, 5.74) is 0.803. The summed E-state index contributed by atoms with van der Waals surface area (Å²) in [6, 6.07) is 1.51. The van der Waals surface area contributed by atoms with Crippen LogP contribution in [0.4, 0.5) is 10.6 Å². The van der Waals surface area contributed by atoms with Crippen molar-refractivity contribution in [1.82, 2.24) is 4.98 Å². The van der Waals surface area contributed by atoms with Crippen LogP contribution in [-0.2, 0) is 6.42 Å². The van der Waals surface area contributed by atoms with Gasteiger partial charge in [-0.2, -0.15) is 0 Å². The minimum atomic E-state index is -1.02. The lowest BCUT2D eigenvalue weighted by molar-refractivity contribution is 0.198. The van der Waals surface area contributed by atoms with Crippen LogP contribution in [0.1, 0.15) is 18.9 Å². The maximum Gasteiger partial charge on any atom is 0.413 e. The summed E-state index contributed by atoms with van der Waals surface area (Å²) in [6.07, 6.45) is 0.474. The lowest BCUT2D eigenvalue weighted by Gasteiger charge is -2.32. The van der Waals surface area contributed by atoms with Crippen LogP contribution in [-0.4, -0.2) is 29.3 Å². The standard InChI is InChI=1S/C11H13ClN2O3/c1-6-3-4-7-8(17-2)5-9(12)13-10(7)14(6)11(15)16/h5-6H,3-4H2,1-2H3,(H,15,16). The third-order valence-corrected chi connectivity index (χ3v) is 3.13. The molecule has 0 saturated heterocycles. The molecule has 1 amide bonds. The Morgan fingerprint density at radius 1 is 1.71 bits per heavy atom. The van der Waals surface area contributed by atoms with Gasteiger partial charge in [-0.05, 0) is 19.8 Å². The molecule has 0 saturated carbocycles. The van der Waals surface area contributed by atoms with Gasteiger partial charge in [0.05, 0.1) is 7.11 Å². The van der Waals surface area contributed by atoms with Gasteiger partial charge in [-0.3, -0.25) is 4.90 Å². The van der Waals surface area contributed by atoms with Crippen molar-refractivity contribution in [3.05, 3.63) is 16.8 Å². The fraction of sp³-hybridized carbons (Fsp3) is 0.455. The van der Waals surface area contributed by atoms with Gasteiger partial charge in [0, 0.05) is 17.7 Å². The Kier molecular flexibility index (Phi) is 3.11. The number of rotatable bonds is 1. The van der Waals surface area contributed by atoms with Crippen molar-refractivity contribution in [3.63, 3.8) is 0 Å². The molecular weight excluding hydrogens is 244 g/mol. The van der Waals surface area contributed by atoms with Gasteiger partial charge in [-0.1, -0.05) is 11.6 Å². The predicted octanol–water partition coefficient (Wildman–Crippen LogP) is 2.56. The third-order valence-electron chi connectivity index (χ3n) is 2.94. The van der Waals surface area contributed by atoms with E-state index in [-0.39, 0.29) is 11.2 Å². The van der Waals surface area contributed by atoms with Crippen LogP contribution >= 0.6 is 11.6 Å². The Labute approximate surface area is 104 Å². The summed E-state index contributed by atoms with van der Waals surface area (Å²) in [4.78, 5) is 16.6. The number of nitrogens with zero attached hydrogens (tertiary/aromatic N) is 2. The zero-order valence-corrected chi connectivity index (χ0v) is 10.4. The van der Waals surface area contributed by atoms with Crippen LogP contribution in [0.25, 0.3) is 0 Å². The summed E-state index contributed by atoms with van der Waals surface area (Å²) < 4.78 is 5.21. The number of hydrogen-bond acceptors (Lipinski definition) is 3. The molecule has 0 spiro atoms. The summed E-state index contributed by atoms with van der Waals surface area (Å²) >= 11 is 5.87. The van der Waals surface area contributed by atoms with Crippen LogP contribution in [0.5, 0.6) is 5.75 Å². The molecule has 1 unspecified atom stereocenters. The molecule has 1 aliphatic heterocycles. The quantitative estimate of drug-likeness (QED) is 0.785. The van der Waals surface area contributed by atoms with Gasteiger partial charge in [0.1, 0.15) is 16.7 Å². The molecule has 92 valence electrons. The zero-order chi connectivity index (χ0) is 12.6. The normalized spacial score (nSPS) is 18.8. The van der Waals surface area contributed by atoms with E-state index in [1.54, 1.807) is 6.07 Å². The summed E-state index contributed by atoms with van der Waals surface area (Å²) in [5.74, 6) is 0.985. The number of hydrogen-bond donors (Lipinski definition) is 1. The van der Waals surface area contributed by atoms with Crippen LogP contribution in [0.15, 0.2) is 6.07 Å². The molecule has 0 radical (unpaired) electrons. The highest BCUT2D eigenvalue weighted by Crippen LogP contribution is 2.36. The number of anilines is 1. The monoisotopic (exact) mass is 256 g/mol. The fourth-order valence-electron chi connectivity index (χ4n) is 2.09. The molecule has 5 nitrogen and oxygen atoms in total. The number of fused-ring (bicyclic) bond motifs is 1. The third kappa shape index (κ3) is 2.02. The Bertz CT molecular complexity index is 464. The van der Waals surface area contributed by atoms with E-state index in [4.69, 9.17) is 16.3 Å². The van der Waals surface area contributed by atoms with E-state index in [0.717, 1.165) is 18.4 Å². The molecule has 1 atom stereocenters. The number of pyridine rings is 1. The lowest BCUT2D eigenvalue weighted by Crippen LogP contribution is -2.42. The van der Waals surface area contributed by atoms with Crippen molar-refractivity contribution in [1.29, 1.82) is 0 Å². The SMILES string of the molecule is COc1cc(Cl)nc2c1CCC(C)N2C(=O)O. The van der Waals surface area contributed by atoms with Crippen molar-refractivity contribution < 1.29 is 14.6 Å². The Balaban J connectivity index is 2.59. The first kappa shape index (κ1) is 12.0. The first-order valence-electron chi connectivity index (χ1n) is 5.30. The highest BCUT2D eigenvalue weighted by Gasteiger charge is 2.31. The van der Waals surface area contributed by atoms with Crippen LogP contribution < -0.4 is 9.64 Å². The van der Waals surface area contributed by atoms with E-state index in [2.05, 4.69) is 4.98 Å². The topological polar surface area (TPSA) is 62.7 Å². The molecule has 0 bridgehead atoms. The first-order chi connectivity index (χ1) is 8.04. The highest BCUT2D eigenvalue weighted by molar-refractivity contribution is 6.29. The van der Waals surface area contributed by atoms with Gasteiger partial charge in [0.15, 0.2) is 0 Å². The second kappa shape index (κ2) is 4.41. The van der Waals surface area contributed by atoms with Crippen molar-refractivity contribution in [2.75, 3.05) is 12.0 Å². The minimum absolute atomic E-state index is 0.101. The maximum atomic E-state index is 11.2. The van der Waals surface area contributed by atoms with Gasteiger partial charge >= 0.3 is 6.09 Å². The summed E-state index contributed by atoms with van der Waals surface area (Å²) in [5, 5.41) is 9.45. The highest BCUT2D eigenvalue weighted by atomic mass is 35.5.